The van der Waals surface area contributed by atoms with E-state index in [1.54, 1.807) is 22.3 Å². The lowest BCUT2D eigenvalue weighted by Crippen LogP contribution is -2.59. The third kappa shape index (κ3) is 10.1. The fourth-order valence-corrected chi connectivity index (χ4v) is 8.85. The highest BCUT2D eigenvalue weighted by atomic mass is 32.1. The molecule has 3 fully saturated rings. The van der Waals surface area contributed by atoms with Crippen molar-refractivity contribution < 1.29 is 24.3 Å². The molecular weight excluding hydrogens is 731 g/mol. The third-order valence-electron chi connectivity index (χ3n) is 11.4. The Morgan fingerprint density at radius 3 is 2.20 bits per heavy atom. The number of thiazole rings is 1. The lowest BCUT2D eigenvalue weighted by atomic mass is 9.85. The van der Waals surface area contributed by atoms with E-state index in [1.165, 1.54) is 6.20 Å². The molecule has 14 nitrogen and oxygen atoms in total. The maximum atomic E-state index is 14.1. The Hall–Kier alpha value is -4.44. The zero-order chi connectivity index (χ0) is 40.0. The minimum atomic E-state index is -0.803. The summed E-state index contributed by atoms with van der Waals surface area (Å²) in [5, 5.41) is 16.3. The minimum absolute atomic E-state index is 0.200. The van der Waals surface area contributed by atoms with Gasteiger partial charge in [-0.05, 0) is 67.2 Å². The highest BCUT2D eigenvalue weighted by Crippen LogP contribution is 2.30. The molecule has 4 amide bonds. The van der Waals surface area contributed by atoms with Crippen molar-refractivity contribution in [3.8, 4) is 10.4 Å². The average molecular weight is 788 g/mol. The average Bonchev–Trinajstić information content (AvgIpc) is 3.86. The first-order valence-electron chi connectivity index (χ1n) is 19.8. The topological polar surface area (TPSA) is 177 Å². The first kappa shape index (κ1) is 41.2. The number of primary amides is 1. The van der Waals surface area contributed by atoms with Crippen LogP contribution in [-0.4, -0.2) is 131 Å². The number of likely N-dealkylation sites (tertiary alicyclic amines) is 1. The number of aliphatic hydroxyl groups is 1. The second-order valence-electron chi connectivity index (χ2n) is 16.5. The highest BCUT2D eigenvalue weighted by Gasteiger charge is 2.42. The molecule has 15 heteroatoms. The van der Waals surface area contributed by atoms with Crippen LogP contribution in [0.5, 0.6) is 0 Å². The summed E-state index contributed by atoms with van der Waals surface area (Å²) < 4.78 is 0. The van der Waals surface area contributed by atoms with E-state index in [2.05, 4.69) is 35.3 Å². The van der Waals surface area contributed by atoms with Crippen LogP contribution in [0.3, 0.4) is 0 Å². The smallest absolute Gasteiger partial charge is 0.250 e. The number of aromatic nitrogens is 2. The molecule has 3 aliphatic rings. The van der Waals surface area contributed by atoms with Gasteiger partial charge in [-0.15, -0.1) is 11.3 Å². The van der Waals surface area contributed by atoms with Crippen molar-refractivity contribution in [1.82, 2.24) is 35.3 Å². The number of hydrogen-bond donors (Lipinski definition) is 4. The fourth-order valence-electron chi connectivity index (χ4n) is 8.03. The van der Waals surface area contributed by atoms with Crippen molar-refractivity contribution in [2.24, 2.45) is 17.1 Å². The van der Waals surface area contributed by atoms with E-state index < -0.39 is 29.4 Å². The molecule has 3 saturated heterocycles. The van der Waals surface area contributed by atoms with Gasteiger partial charge in [0.25, 0.3) is 0 Å². The van der Waals surface area contributed by atoms with Crippen LogP contribution in [0.15, 0.2) is 48.1 Å². The van der Waals surface area contributed by atoms with Crippen molar-refractivity contribution in [2.45, 2.75) is 71.5 Å². The Morgan fingerprint density at radius 1 is 0.911 bits per heavy atom. The Bertz CT molecular complexity index is 1810. The van der Waals surface area contributed by atoms with Crippen LogP contribution in [0.25, 0.3) is 10.4 Å². The molecule has 6 rings (SSSR count). The Kier molecular flexibility index (Phi) is 13.4. The molecule has 5 N–H and O–H groups in total. The third-order valence-corrected chi connectivity index (χ3v) is 12.4. The number of nitrogens with one attached hydrogen (secondary N) is 2. The van der Waals surface area contributed by atoms with E-state index in [4.69, 9.17) is 5.73 Å². The van der Waals surface area contributed by atoms with E-state index in [9.17, 15) is 24.3 Å². The molecule has 1 unspecified atom stereocenters. The molecule has 302 valence electrons. The lowest BCUT2D eigenvalue weighted by Gasteiger charge is -2.39. The number of carbonyl (C=O) groups is 4. The van der Waals surface area contributed by atoms with E-state index in [-0.39, 0.29) is 30.9 Å². The van der Waals surface area contributed by atoms with E-state index in [1.807, 2.05) is 63.5 Å². The SMILES string of the molecule is Cc1ncsc1-c1ccc([C@H](CO)NC(=O)[C@@H]2CCCN2C(=O)C(NC(=O)CN2CCN(CC3CCN(c4ccc(C(N)=O)cn4)CC3)CC2)C(C)(C)C)cc1. The number of aliphatic hydroxyl groups excluding tert-OH is 1. The molecule has 0 bridgehead atoms. The van der Waals surface area contributed by atoms with Crippen LogP contribution < -0.4 is 21.3 Å². The van der Waals surface area contributed by atoms with Gasteiger partial charge in [0, 0.05) is 58.6 Å². The summed E-state index contributed by atoms with van der Waals surface area (Å²) in [5.41, 5.74) is 9.74. The number of aryl methyl sites for hydroxylation is 1. The quantitative estimate of drug-likeness (QED) is 0.202. The number of piperidine rings is 1. The number of nitrogens with zero attached hydrogens (tertiary/aromatic N) is 6. The molecule has 2 aromatic heterocycles. The van der Waals surface area contributed by atoms with Gasteiger partial charge >= 0.3 is 0 Å². The first-order chi connectivity index (χ1) is 26.8. The van der Waals surface area contributed by atoms with Gasteiger partial charge in [-0.3, -0.25) is 24.1 Å². The summed E-state index contributed by atoms with van der Waals surface area (Å²) in [6.07, 6.45) is 4.85. The number of carbonyl (C=O) groups excluding carboxylic acids is 4. The van der Waals surface area contributed by atoms with E-state index in [0.717, 1.165) is 86.2 Å². The van der Waals surface area contributed by atoms with Crippen molar-refractivity contribution in [1.29, 1.82) is 0 Å². The number of benzene rings is 1. The Balaban J connectivity index is 0.964. The molecule has 0 radical (unpaired) electrons. The minimum Gasteiger partial charge on any atom is -0.394 e. The summed E-state index contributed by atoms with van der Waals surface area (Å²) in [6.45, 7) is 14.2. The van der Waals surface area contributed by atoms with Crippen molar-refractivity contribution in [3.63, 3.8) is 0 Å². The van der Waals surface area contributed by atoms with Gasteiger partial charge in [-0.25, -0.2) is 9.97 Å². The predicted molar refractivity (Wildman–Crippen MR) is 217 cm³/mol. The van der Waals surface area contributed by atoms with Crippen molar-refractivity contribution >= 4 is 40.8 Å². The zero-order valence-electron chi connectivity index (χ0n) is 33.1. The largest absolute Gasteiger partial charge is 0.394 e. The molecule has 3 aliphatic heterocycles. The van der Waals surface area contributed by atoms with Crippen LogP contribution in [-0.2, 0) is 14.4 Å². The van der Waals surface area contributed by atoms with E-state index in [0.29, 0.717) is 30.9 Å². The monoisotopic (exact) mass is 787 g/mol. The van der Waals surface area contributed by atoms with Crippen molar-refractivity contribution in [2.75, 3.05) is 70.4 Å². The van der Waals surface area contributed by atoms with E-state index >= 15 is 0 Å². The second kappa shape index (κ2) is 18.2. The summed E-state index contributed by atoms with van der Waals surface area (Å²) in [5.74, 6) is 0.206. The Labute approximate surface area is 333 Å². The number of anilines is 1. The zero-order valence-corrected chi connectivity index (χ0v) is 33.9. The molecule has 1 aromatic carbocycles. The molecule has 0 saturated carbocycles. The number of pyridine rings is 1. The molecule has 3 aromatic rings. The van der Waals surface area contributed by atoms with Crippen molar-refractivity contribution in [3.05, 3.63) is 64.9 Å². The maximum Gasteiger partial charge on any atom is 0.250 e. The van der Waals surface area contributed by atoms with Crippen LogP contribution in [0, 0.1) is 18.3 Å². The van der Waals surface area contributed by atoms with Gasteiger partial charge in [0.15, 0.2) is 0 Å². The lowest BCUT2D eigenvalue weighted by molar-refractivity contribution is -0.144. The number of piperazine rings is 1. The highest BCUT2D eigenvalue weighted by molar-refractivity contribution is 7.13. The summed E-state index contributed by atoms with van der Waals surface area (Å²) in [6, 6.07) is 9.20. The van der Waals surface area contributed by atoms with Gasteiger partial charge < -0.3 is 36.2 Å². The number of hydrogen-bond acceptors (Lipinski definition) is 11. The van der Waals surface area contributed by atoms with Gasteiger partial charge in [0.1, 0.15) is 17.9 Å². The normalized spacial score (nSPS) is 19.8. The van der Waals surface area contributed by atoms with Gasteiger partial charge in [-0.1, -0.05) is 45.0 Å². The predicted octanol–water partition coefficient (Wildman–Crippen LogP) is 2.82. The van der Waals surface area contributed by atoms with Crippen LogP contribution >= 0.6 is 11.3 Å². The van der Waals surface area contributed by atoms with Crippen LogP contribution in [0.2, 0.25) is 0 Å². The number of rotatable bonds is 13. The standard InChI is InChI=1S/C41H57N9O5S/c1-27-36(56-26-44-27)30-9-7-29(8-10-30)32(25-51)45-39(54)33-6-5-15-50(33)40(55)37(41(2,3)4)46-35(52)24-48-20-18-47(19-21-48)23-28-13-16-49(17-14-28)34-12-11-31(22-43-34)38(42)53/h7-12,22,26,28,32-33,37,51H,5-6,13-21,23-25H2,1-4H3,(H2,42,53)(H,45,54)(H,46,52)/t32-,33-,37?/m0/s1. The second-order valence-corrected chi connectivity index (χ2v) is 17.3. The van der Waals surface area contributed by atoms with Crippen LogP contribution in [0.4, 0.5) is 5.82 Å². The molecule has 0 spiro atoms. The summed E-state index contributed by atoms with van der Waals surface area (Å²) in [7, 11) is 0. The van der Waals surface area contributed by atoms with Gasteiger partial charge in [0.2, 0.25) is 23.6 Å². The molecule has 5 heterocycles. The molecule has 3 atom stereocenters. The fraction of sp³-hybridized carbons (Fsp3) is 0.561. The molecule has 0 aliphatic carbocycles. The maximum absolute atomic E-state index is 14.1. The first-order valence-corrected chi connectivity index (χ1v) is 20.7. The van der Waals surface area contributed by atoms with Gasteiger partial charge in [0.05, 0.1) is 40.8 Å². The number of nitrogens with two attached hydrogens (primary N) is 1. The Morgan fingerprint density at radius 2 is 1.61 bits per heavy atom. The number of amides is 4. The molecule has 56 heavy (non-hydrogen) atoms. The van der Waals surface area contributed by atoms with Crippen LogP contribution in [0.1, 0.15) is 74.1 Å². The summed E-state index contributed by atoms with van der Waals surface area (Å²) >= 11 is 1.57. The summed E-state index contributed by atoms with van der Waals surface area (Å²) in [4.78, 5) is 71.0. The van der Waals surface area contributed by atoms with Gasteiger partial charge in [-0.2, -0.15) is 0 Å². The molecular formula is C41H57N9O5S.